The van der Waals surface area contributed by atoms with E-state index < -0.39 is 0 Å². The zero-order chi connectivity index (χ0) is 35.7. The van der Waals surface area contributed by atoms with Gasteiger partial charge in [0.1, 0.15) is 0 Å². The van der Waals surface area contributed by atoms with Crippen LogP contribution in [0.3, 0.4) is 0 Å². The van der Waals surface area contributed by atoms with Gasteiger partial charge in [0.05, 0.1) is 5.69 Å². The summed E-state index contributed by atoms with van der Waals surface area (Å²) in [6.45, 7) is 6.91. The van der Waals surface area contributed by atoms with Crippen molar-refractivity contribution < 1.29 is 0 Å². The molecule has 0 atom stereocenters. The first-order valence-corrected chi connectivity index (χ1v) is 18.6. The second-order valence-corrected chi connectivity index (χ2v) is 15.1. The average molecular weight is 678 g/mol. The number of nitrogens with zero attached hydrogens (tertiary/aromatic N) is 1. The Morgan fingerprint density at radius 2 is 0.962 bits per heavy atom. The highest BCUT2D eigenvalue weighted by atomic mass is 15.1. The molecule has 1 aliphatic rings. The monoisotopic (exact) mass is 677 g/mol. The second-order valence-electron chi connectivity index (χ2n) is 15.1. The lowest BCUT2D eigenvalue weighted by molar-refractivity contribution is 0.661. The normalized spacial score (nSPS) is 13.0. The third-order valence-electron chi connectivity index (χ3n) is 11.5. The van der Waals surface area contributed by atoms with Crippen LogP contribution in [0.2, 0.25) is 0 Å². The van der Waals surface area contributed by atoms with Crippen molar-refractivity contribution in [2.75, 3.05) is 4.90 Å². The highest BCUT2D eigenvalue weighted by Gasteiger charge is 2.36. The van der Waals surface area contributed by atoms with Gasteiger partial charge in [0.15, 0.2) is 0 Å². The Bertz CT molecular complexity index is 2850. The summed E-state index contributed by atoms with van der Waals surface area (Å²) in [5.41, 5.74) is 14.8. The molecule has 53 heavy (non-hydrogen) atoms. The molecule has 0 amide bonds. The Balaban J connectivity index is 1.22. The predicted molar refractivity (Wildman–Crippen MR) is 227 cm³/mol. The first-order chi connectivity index (χ1) is 25.9. The van der Waals surface area contributed by atoms with Crippen molar-refractivity contribution in [3.8, 4) is 33.4 Å². The van der Waals surface area contributed by atoms with Gasteiger partial charge in [-0.15, -0.1) is 0 Å². The summed E-state index contributed by atoms with van der Waals surface area (Å²) >= 11 is 0. The molecule has 0 heterocycles. The smallest absolute Gasteiger partial charge is 0.0546 e. The lowest BCUT2D eigenvalue weighted by Crippen LogP contribution is -2.17. The van der Waals surface area contributed by atoms with Gasteiger partial charge in [0.25, 0.3) is 0 Å². The zero-order valence-corrected chi connectivity index (χ0v) is 30.3. The van der Waals surface area contributed by atoms with Crippen LogP contribution in [0.15, 0.2) is 182 Å². The van der Waals surface area contributed by atoms with E-state index in [0.29, 0.717) is 0 Å². The summed E-state index contributed by atoms with van der Waals surface area (Å²) in [5, 5.41) is 7.53. The molecule has 0 spiro atoms. The summed E-state index contributed by atoms with van der Waals surface area (Å²) < 4.78 is 0. The van der Waals surface area contributed by atoms with Gasteiger partial charge in [-0.1, -0.05) is 159 Å². The first kappa shape index (κ1) is 31.3. The largest absolute Gasteiger partial charge is 0.310 e. The Hall–Kier alpha value is -6.44. The van der Waals surface area contributed by atoms with E-state index in [9.17, 15) is 0 Å². The van der Waals surface area contributed by atoms with E-state index in [0.717, 1.165) is 17.1 Å². The number of rotatable bonds is 5. The molecule has 1 aliphatic carbocycles. The molecule has 9 aromatic rings. The van der Waals surface area contributed by atoms with Crippen LogP contribution in [0.25, 0.3) is 65.7 Å². The Morgan fingerprint density at radius 3 is 1.70 bits per heavy atom. The first-order valence-electron chi connectivity index (χ1n) is 18.6. The van der Waals surface area contributed by atoms with Crippen molar-refractivity contribution in [1.82, 2.24) is 0 Å². The van der Waals surface area contributed by atoms with Crippen LogP contribution >= 0.6 is 0 Å². The Labute approximate surface area is 311 Å². The van der Waals surface area contributed by atoms with Crippen LogP contribution < -0.4 is 4.90 Å². The van der Waals surface area contributed by atoms with Crippen LogP contribution in [0, 0.1) is 6.92 Å². The van der Waals surface area contributed by atoms with E-state index in [2.05, 4.69) is 208 Å². The van der Waals surface area contributed by atoms with E-state index in [4.69, 9.17) is 0 Å². The van der Waals surface area contributed by atoms with Gasteiger partial charge >= 0.3 is 0 Å². The number of benzene rings is 9. The van der Waals surface area contributed by atoms with Gasteiger partial charge in [-0.05, 0) is 121 Å². The van der Waals surface area contributed by atoms with Crippen molar-refractivity contribution in [3.63, 3.8) is 0 Å². The maximum absolute atomic E-state index is 2.48. The lowest BCUT2D eigenvalue weighted by Gasteiger charge is -2.31. The summed E-state index contributed by atoms with van der Waals surface area (Å²) in [6.07, 6.45) is 0. The second kappa shape index (κ2) is 12.1. The van der Waals surface area contributed by atoms with Crippen LogP contribution in [0.1, 0.15) is 30.5 Å². The third kappa shape index (κ3) is 5.07. The van der Waals surface area contributed by atoms with Crippen molar-refractivity contribution in [2.24, 2.45) is 0 Å². The topological polar surface area (TPSA) is 3.24 Å². The van der Waals surface area contributed by atoms with E-state index >= 15 is 0 Å². The van der Waals surface area contributed by atoms with Crippen LogP contribution in [0.4, 0.5) is 17.1 Å². The number of hydrogen-bond donors (Lipinski definition) is 0. The third-order valence-corrected chi connectivity index (χ3v) is 11.5. The maximum Gasteiger partial charge on any atom is 0.0546 e. The number of fused-ring (bicyclic) bond motifs is 6. The van der Waals surface area contributed by atoms with Gasteiger partial charge in [-0.2, -0.15) is 0 Å². The number of hydrogen-bond acceptors (Lipinski definition) is 1. The van der Waals surface area contributed by atoms with E-state index in [1.165, 1.54) is 82.4 Å². The molecule has 0 aromatic heterocycles. The van der Waals surface area contributed by atoms with Crippen molar-refractivity contribution in [3.05, 3.63) is 199 Å². The molecule has 9 aromatic carbocycles. The minimum Gasteiger partial charge on any atom is -0.310 e. The van der Waals surface area contributed by atoms with Crippen molar-refractivity contribution in [1.29, 1.82) is 0 Å². The maximum atomic E-state index is 2.48. The summed E-state index contributed by atoms with van der Waals surface area (Å²) in [4.78, 5) is 2.48. The molecule has 0 aliphatic heterocycles. The molecule has 0 unspecified atom stereocenters. The Kier molecular flexibility index (Phi) is 7.13. The van der Waals surface area contributed by atoms with Gasteiger partial charge in [-0.25, -0.2) is 0 Å². The summed E-state index contributed by atoms with van der Waals surface area (Å²) in [5.74, 6) is 0. The molecule has 0 N–H and O–H groups in total. The minimum atomic E-state index is -0.159. The molecule has 0 saturated carbocycles. The summed E-state index contributed by atoms with van der Waals surface area (Å²) in [7, 11) is 0. The molecule has 0 bridgehead atoms. The minimum absolute atomic E-state index is 0.159. The molecule has 0 saturated heterocycles. The average Bonchev–Trinajstić information content (AvgIpc) is 3.42. The van der Waals surface area contributed by atoms with Crippen LogP contribution in [-0.2, 0) is 5.41 Å². The molecular weight excluding hydrogens is 639 g/mol. The van der Waals surface area contributed by atoms with Crippen molar-refractivity contribution in [2.45, 2.75) is 26.2 Å². The van der Waals surface area contributed by atoms with Crippen LogP contribution in [0.5, 0.6) is 0 Å². The Morgan fingerprint density at radius 1 is 0.396 bits per heavy atom. The highest BCUT2D eigenvalue weighted by molar-refractivity contribution is 6.11. The fraction of sp³-hybridized carbons (Fsp3) is 0.0769. The fourth-order valence-corrected chi connectivity index (χ4v) is 8.70. The van der Waals surface area contributed by atoms with Gasteiger partial charge in [0, 0.05) is 22.4 Å². The molecule has 252 valence electrons. The van der Waals surface area contributed by atoms with E-state index in [1.807, 2.05) is 0 Å². The molecular formula is C52H39N. The SMILES string of the molecule is Cc1ccc(-c2ccc(N(c3ccc4c(c3)C(C)(C)c3cc5ccccc5cc3-4)c3ccc4ccccc4c3-c3cccc4ccccc34)cc2)cc1. The molecule has 10 rings (SSSR count). The predicted octanol–water partition coefficient (Wildman–Crippen LogP) is 14.6. The van der Waals surface area contributed by atoms with Gasteiger partial charge in [0.2, 0.25) is 0 Å². The fourth-order valence-electron chi connectivity index (χ4n) is 8.70. The van der Waals surface area contributed by atoms with Crippen LogP contribution in [-0.4, -0.2) is 0 Å². The number of aryl methyl sites for hydroxylation is 1. The van der Waals surface area contributed by atoms with E-state index in [-0.39, 0.29) is 5.41 Å². The lowest BCUT2D eigenvalue weighted by atomic mass is 9.81. The standard InChI is InChI=1S/C52H39N/c1-34-19-21-35(22-20-34)36-23-26-41(27-24-36)53(42-28-29-45-47-31-39-13-4-5-14-40(39)32-48(47)52(2,3)49(45)33-42)50-30-25-38-12-7-9-17-44(38)51(50)46-18-10-15-37-11-6-8-16-43(37)46/h4-33H,1-3H3. The molecule has 0 fully saturated rings. The van der Waals surface area contributed by atoms with E-state index in [1.54, 1.807) is 0 Å². The molecule has 1 nitrogen and oxygen atoms in total. The number of anilines is 3. The summed E-state index contributed by atoms with van der Waals surface area (Å²) in [6, 6.07) is 67.5. The van der Waals surface area contributed by atoms with Gasteiger partial charge in [-0.3, -0.25) is 0 Å². The quantitative estimate of drug-likeness (QED) is 0.175. The van der Waals surface area contributed by atoms with Crippen molar-refractivity contribution >= 4 is 49.4 Å². The molecule has 1 heteroatoms. The highest BCUT2D eigenvalue weighted by Crippen LogP contribution is 2.53. The van der Waals surface area contributed by atoms with Gasteiger partial charge < -0.3 is 4.90 Å². The zero-order valence-electron chi connectivity index (χ0n) is 30.3. The molecule has 0 radical (unpaired) electrons.